The van der Waals surface area contributed by atoms with Gasteiger partial charge >= 0.3 is 0 Å². The predicted octanol–water partition coefficient (Wildman–Crippen LogP) is 2.93. The van der Waals surface area contributed by atoms with Crippen LogP contribution in [0.15, 0.2) is 40.0 Å². The summed E-state index contributed by atoms with van der Waals surface area (Å²) in [6.45, 7) is 3.83. The fourth-order valence-corrected chi connectivity index (χ4v) is 4.33. The molecule has 0 bridgehead atoms. The Kier molecular flexibility index (Phi) is 4.28. The van der Waals surface area contributed by atoms with Crippen LogP contribution in [-0.2, 0) is 9.59 Å². The van der Waals surface area contributed by atoms with Crippen molar-refractivity contribution in [2.45, 2.75) is 30.7 Å². The van der Waals surface area contributed by atoms with Crippen molar-refractivity contribution in [2.24, 2.45) is 0 Å². The summed E-state index contributed by atoms with van der Waals surface area (Å²) >= 11 is 4.60. The molecule has 9 heteroatoms. The van der Waals surface area contributed by atoms with Gasteiger partial charge in [0.1, 0.15) is 5.25 Å². The third-order valence-electron chi connectivity index (χ3n) is 4.10. The van der Waals surface area contributed by atoms with Gasteiger partial charge in [0.2, 0.25) is 11.8 Å². The predicted molar refractivity (Wildman–Crippen MR) is 101 cm³/mol. The Morgan fingerprint density at radius 3 is 2.62 bits per heavy atom. The van der Waals surface area contributed by atoms with E-state index in [-0.39, 0.29) is 18.2 Å². The lowest BCUT2D eigenvalue weighted by Crippen LogP contribution is -2.31. The van der Waals surface area contributed by atoms with Gasteiger partial charge in [-0.1, -0.05) is 27.7 Å². The van der Waals surface area contributed by atoms with Gasteiger partial charge in [0.25, 0.3) is 5.78 Å². The zero-order chi connectivity index (χ0) is 18.4. The average Bonchev–Trinajstić information content (AvgIpc) is 3.10. The van der Waals surface area contributed by atoms with Crippen LogP contribution in [0.2, 0.25) is 0 Å². The van der Waals surface area contributed by atoms with Gasteiger partial charge in [0, 0.05) is 22.3 Å². The highest BCUT2D eigenvalue weighted by atomic mass is 79.9. The van der Waals surface area contributed by atoms with Crippen molar-refractivity contribution in [3.63, 3.8) is 0 Å². The Labute approximate surface area is 161 Å². The number of benzene rings is 1. The normalized spacial score (nSPS) is 17.5. The van der Waals surface area contributed by atoms with Gasteiger partial charge in [-0.15, -0.1) is 10.2 Å². The van der Waals surface area contributed by atoms with Crippen molar-refractivity contribution in [2.75, 3.05) is 4.90 Å². The molecular formula is C17H14BrN5O2S. The standard InChI is InChI=1S/C17H14BrN5O2S/c1-9-7-10(2)22-16(19-9)20-21-17(22)26-13-8-14(24)23(15(13)25)12-5-3-11(18)4-6-12/h3-7,13H,8H2,1-2H3/t13-/m1/s1. The van der Waals surface area contributed by atoms with Gasteiger partial charge in [0.15, 0.2) is 5.16 Å². The number of hydrogen-bond donors (Lipinski definition) is 0. The van der Waals surface area contributed by atoms with E-state index < -0.39 is 5.25 Å². The largest absolute Gasteiger partial charge is 0.274 e. The van der Waals surface area contributed by atoms with Crippen molar-refractivity contribution in [1.29, 1.82) is 0 Å². The van der Waals surface area contributed by atoms with Crippen LogP contribution in [-0.4, -0.2) is 36.6 Å². The van der Waals surface area contributed by atoms with Crippen molar-refractivity contribution < 1.29 is 9.59 Å². The van der Waals surface area contributed by atoms with Gasteiger partial charge in [-0.2, -0.15) is 0 Å². The fourth-order valence-electron chi connectivity index (χ4n) is 2.96. The Bertz CT molecular complexity index is 1030. The Balaban J connectivity index is 1.63. The fraction of sp³-hybridized carbons (Fsp3) is 0.235. The van der Waals surface area contributed by atoms with E-state index in [0.717, 1.165) is 15.9 Å². The van der Waals surface area contributed by atoms with Crippen LogP contribution < -0.4 is 4.90 Å². The van der Waals surface area contributed by atoms with Gasteiger partial charge in [-0.3, -0.25) is 14.0 Å². The van der Waals surface area contributed by atoms with Crippen LogP contribution in [0.3, 0.4) is 0 Å². The van der Waals surface area contributed by atoms with Crippen molar-refractivity contribution in [3.8, 4) is 0 Å². The van der Waals surface area contributed by atoms with E-state index in [2.05, 4.69) is 31.1 Å². The van der Waals surface area contributed by atoms with E-state index in [9.17, 15) is 9.59 Å². The second-order valence-corrected chi connectivity index (χ2v) is 8.10. The molecule has 0 aliphatic carbocycles. The lowest BCUT2D eigenvalue weighted by atomic mass is 10.3. The molecule has 1 saturated heterocycles. The molecule has 0 N–H and O–H groups in total. The minimum absolute atomic E-state index is 0.132. The molecule has 1 fully saturated rings. The van der Waals surface area contributed by atoms with Gasteiger partial charge < -0.3 is 0 Å². The molecule has 3 aromatic rings. The summed E-state index contributed by atoms with van der Waals surface area (Å²) in [7, 11) is 0. The van der Waals surface area contributed by atoms with E-state index in [4.69, 9.17) is 0 Å². The van der Waals surface area contributed by atoms with Gasteiger partial charge in [0.05, 0.1) is 5.69 Å². The monoisotopic (exact) mass is 431 g/mol. The summed E-state index contributed by atoms with van der Waals surface area (Å²) in [5, 5.41) is 8.27. The molecule has 132 valence electrons. The molecule has 3 heterocycles. The van der Waals surface area contributed by atoms with Crippen molar-refractivity contribution in [3.05, 3.63) is 46.2 Å². The number of aromatic nitrogens is 4. The number of halogens is 1. The highest BCUT2D eigenvalue weighted by molar-refractivity contribution is 9.10. The zero-order valence-electron chi connectivity index (χ0n) is 14.0. The number of amides is 2. The molecule has 7 nitrogen and oxygen atoms in total. The number of carbonyl (C=O) groups is 2. The number of rotatable bonds is 3. The molecular weight excluding hydrogens is 418 g/mol. The minimum atomic E-state index is -0.528. The molecule has 1 aliphatic rings. The molecule has 0 spiro atoms. The number of hydrogen-bond acceptors (Lipinski definition) is 6. The summed E-state index contributed by atoms with van der Waals surface area (Å²) in [5.74, 6) is 0.0395. The van der Waals surface area contributed by atoms with E-state index in [1.807, 2.05) is 19.9 Å². The number of carbonyl (C=O) groups excluding carboxylic acids is 2. The van der Waals surface area contributed by atoms with E-state index in [1.165, 1.54) is 16.7 Å². The SMILES string of the molecule is Cc1cc(C)n2c(S[C@@H]3CC(=O)N(c4ccc(Br)cc4)C3=O)nnc2n1. The molecule has 1 aromatic carbocycles. The molecule has 0 unspecified atom stereocenters. The molecule has 0 saturated carbocycles. The second kappa shape index (κ2) is 6.48. The van der Waals surface area contributed by atoms with Crippen LogP contribution in [0.4, 0.5) is 5.69 Å². The quantitative estimate of drug-likeness (QED) is 0.593. The molecule has 1 aliphatic heterocycles. The second-order valence-electron chi connectivity index (χ2n) is 6.01. The maximum atomic E-state index is 12.8. The maximum absolute atomic E-state index is 12.8. The highest BCUT2D eigenvalue weighted by Crippen LogP contribution is 2.34. The number of imide groups is 1. The van der Waals surface area contributed by atoms with Crippen molar-refractivity contribution >= 4 is 51.0 Å². The molecule has 1 atom stereocenters. The van der Waals surface area contributed by atoms with Gasteiger partial charge in [-0.25, -0.2) is 9.88 Å². The van der Waals surface area contributed by atoms with Crippen LogP contribution >= 0.6 is 27.7 Å². The molecule has 26 heavy (non-hydrogen) atoms. The maximum Gasteiger partial charge on any atom is 0.256 e. The molecule has 0 radical (unpaired) electrons. The first-order valence-corrected chi connectivity index (χ1v) is 9.59. The average molecular weight is 432 g/mol. The lowest BCUT2D eigenvalue weighted by Gasteiger charge is -2.14. The van der Waals surface area contributed by atoms with Crippen LogP contribution in [0.1, 0.15) is 17.8 Å². The minimum Gasteiger partial charge on any atom is -0.274 e. The van der Waals surface area contributed by atoms with E-state index >= 15 is 0 Å². The molecule has 4 rings (SSSR count). The summed E-state index contributed by atoms with van der Waals surface area (Å²) < 4.78 is 2.69. The summed E-state index contributed by atoms with van der Waals surface area (Å²) in [4.78, 5) is 30.8. The number of aryl methyl sites for hydroxylation is 2. The molecule has 2 aromatic heterocycles. The number of fused-ring (bicyclic) bond motifs is 1. The van der Waals surface area contributed by atoms with Crippen LogP contribution in [0, 0.1) is 13.8 Å². The number of thioether (sulfide) groups is 1. The number of nitrogens with zero attached hydrogens (tertiary/aromatic N) is 5. The lowest BCUT2D eigenvalue weighted by molar-refractivity contribution is -0.121. The zero-order valence-corrected chi connectivity index (χ0v) is 16.4. The topological polar surface area (TPSA) is 80.5 Å². The van der Waals surface area contributed by atoms with E-state index in [1.54, 1.807) is 28.7 Å². The third-order valence-corrected chi connectivity index (χ3v) is 5.76. The summed E-state index contributed by atoms with van der Waals surface area (Å²) in [6.07, 6.45) is 0.132. The van der Waals surface area contributed by atoms with Gasteiger partial charge in [-0.05, 0) is 44.2 Å². The Hall–Kier alpha value is -2.26. The first-order chi connectivity index (χ1) is 12.4. The first kappa shape index (κ1) is 17.2. The van der Waals surface area contributed by atoms with Crippen LogP contribution in [0.25, 0.3) is 5.78 Å². The highest BCUT2D eigenvalue weighted by Gasteiger charge is 2.41. The smallest absolute Gasteiger partial charge is 0.256 e. The van der Waals surface area contributed by atoms with Crippen LogP contribution in [0.5, 0.6) is 0 Å². The van der Waals surface area contributed by atoms with Crippen molar-refractivity contribution in [1.82, 2.24) is 19.6 Å². The third kappa shape index (κ3) is 2.90. The summed E-state index contributed by atoms with van der Waals surface area (Å²) in [6, 6.07) is 9.03. The summed E-state index contributed by atoms with van der Waals surface area (Å²) in [5.41, 5.74) is 2.36. The number of anilines is 1. The molecule has 2 amide bonds. The first-order valence-electron chi connectivity index (χ1n) is 7.92. The van der Waals surface area contributed by atoms with E-state index in [0.29, 0.717) is 16.6 Å². The Morgan fingerprint density at radius 1 is 1.15 bits per heavy atom. The Morgan fingerprint density at radius 2 is 1.88 bits per heavy atom.